The van der Waals surface area contributed by atoms with Crippen LogP contribution in [0.2, 0.25) is 5.02 Å². The van der Waals surface area contributed by atoms with Crippen LogP contribution >= 0.6 is 11.6 Å². The highest BCUT2D eigenvalue weighted by Crippen LogP contribution is 2.11. The fraction of sp³-hybridized carbons (Fsp3) is 0.429. The van der Waals surface area contributed by atoms with Crippen molar-refractivity contribution in [2.24, 2.45) is 11.7 Å². The lowest BCUT2D eigenvalue weighted by molar-refractivity contribution is 0.467. The molecule has 3 N–H and O–H groups in total. The predicted molar refractivity (Wildman–Crippen MR) is 84.8 cm³/mol. The molecule has 1 rings (SSSR count). The number of sulfonamides is 1. The molecule has 0 bridgehead atoms. The first-order valence-corrected chi connectivity index (χ1v) is 8.41. The Labute approximate surface area is 126 Å². The monoisotopic (exact) mass is 316 g/mol. The molecule has 0 fully saturated rings. The number of hydrogen-bond donors (Lipinski definition) is 2. The second-order valence-corrected chi connectivity index (χ2v) is 7.11. The molecule has 0 aromatic heterocycles. The lowest BCUT2D eigenvalue weighted by Crippen LogP contribution is -2.40. The molecule has 1 aromatic carbocycles. The first-order valence-electron chi connectivity index (χ1n) is 6.48. The van der Waals surface area contributed by atoms with Crippen LogP contribution in [0.1, 0.15) is 25.8 Å². The highest BCUT2D eigenvalue weighted by atomic mass is 35.5. The molecule has 1 aromatic rings. The van der Waals surface area contributed by atoms with E-state index in [1.54, 1.807) is 24.3 Å². The van der Waals surface area contributed by atoms with E-state index in [9.17, 15) is 8.42 Å². The summed E-state index contributed by atoms with van der Waals surface area (Å²) < 4.78 is 26.5. The molecule has 0 spiro atoms. The normalized spacial score (nSPS) is 14.1. The third-order valence-electron chi connectivity index (χ3n) is 2.68. The quantitative estimate of drug-likeness (QED) is 0.812. The summed E-state index contributed by atoms with van der Waals surface area (Å²) in [5.74, 6) is 0.381. The Kier molecular flexibility index (Phi) is 6.68. The summed E-state index contributed by atoms with van der Waals surface area (Å²) in [5, 5.41) is 1.77. The van der Waals surface area contributed by atoms with Gasteiger partial charge in [0.05, 0.1) is 0 Å². The van der Waals surface area contributed by atoms with Crippen molar-refractivity contribution in [1.82, 2.24) is 4.72 Å². The van der Waals surface area contributed by atoms with E-state index in [-0.39, 0.29) is 12.6 Å². The molecule has 0 radical (unpaired) electrons. The maximum Gasteiger partial charge on any atom is 0.234 e. The molecule has 0 aliphatic rings. The molecule has 4 nitrogen and oxygen atoms in total. The lowest BCUT2D eigenvalue weighted by Gasteiger charge is -2.17. The van der Waals surface area contributed by atoms with Crippen LogP contribution in [0, 0.1) is 5.92 Å². The van der Waals surface area contributed by atoms with Crippen LogP contribution in [0.3, 0.4) is 0 Å². The third kappa shape index (κ3) is 6.52. The van der Waals surface area contributed by atoms with Gasteiger partial charge in [-0.25, -0.2) is 13.1 Å². The minimum Gasteiger partial charge on any atom is -0.329 e. The number of halogens is 1. The molecule has 6 heteroatoms. The molecule has 0 heterocycles. The molecular weight excluding hydrogens is 296 g/mol. The highest BCUT2D eigenvalue weighted by Gasteiger charge is 2.15. The van der Waals surface area contributed by atoms with Crippen LogP contribution < -0.4 is 10.5 Å². The van der Waals surface area contributed by atoms with E-state index >= 15 is 0 Å². The van der Waals surface area contributed by atoms with E-state index < -0.39 is 10.0 Å². The molecular formula is C14H21ClN2O2S. The van der Waals surface area contributed by atoms with Crippen LogP contribution in [0.5, 0.6) is 0 Å². The first-order chi connectivity index (χ1) is 9.32. The van der Waals surface area contributed by atoms with E-state index in [4.69, 9.17) is 17.3 Å². The third-order valence-corrected chi connectivity index (χ3v) is 4.09. The second kappa shape index (κ2) is 7.78. The van der Waals surface area contributed by atoms with E-state index in [0.29, 0.717) is 17.4 Å². The van der Waals surface area contributed by atoms with E-state index in [2.05, 4.69) is 4.72 Å². The summed E-state index contributed by atoms with van der Waals surface area (Å²) in [7, 11) is -3.49. The van der Waals surface area contributed by atoms with Gasteiger partial charge in [-0.2, -0.15) is 0 Å². The lowest BCUT2D eigenvalue weighted by atomic mass is 10.1. The van der Waals surface area contributed by atoms with Crippen molar-refractivity contribution >= 4 is 27.7 Å². The topological polar surface area (TPSA) is 72.2 Å². The van der Waals surface area contributed by atoms with Gasteiger partial charge in [0.1, 0.15) is 0 Å². The Morgan fingerprint density at radius 1 is 1.30 bits per heavy atom. The number of rotatable bonds is 7. The van der Waals surface area contributed by atoms with Crippen LogP contribution in [-0.4, -0.2) is 21.0 Å². The van der Waals surface area contributed by atoms with Gasteiger partial charge in [0, 0.05) is 23.0 Å². The van der Waals surface area contributed by atoms with Crippen molar-refractivity contribution in [3.63, 3.8) is 0 Å². The van der Waals surface area contributed by atoms with Crippen molar-refractivity contribution < 1.29 is 8.42 Å². The molecule has 0 aliphatic heterocycles. The van der Waals surface area contributed by atoms with Crippen molar-refractivity contribution in [2.75, 3.05) is 6.54 Å². The number of nitrogens with two attached hydrogens (primary N) is 1. The van der Waals surface area contributed by atoms with Crippen molar-refractivity contribution in [3.05, 3.63) is 40.3 Å². The Morgan fingerprint density at radius 2 is 1.90 bits per heavy atom. The molecule has 0 saturated heterocycles. The molecule has 0 amide bonds. The molecule has 0 saturated carbocycles. The summed E-state index contributed by atoms with van der Waals surface area (Å²) in [6.45, 7) is 4.34. The molecule has 1 unspecified atom stereocenters. The number of benzene rings is 1. The van der Waals surface area contributed by atoms with E-state index in [1.165, 1.54) is 6.08 Å². The standard InChI is InChI=1S/C14H21ClN2O2S/c1-11(2)9-14(10-16)17-20(18,19)8-7-12-3-5-13(15)6-4-12/h3-8,11,14,17H,9-10,16H2,1-2H3. The first kappa shape index (κ1) is 17.2. The second-order valence-electron chi connectivity index (χ2n) is 5.08. The maximum atomic E-state index is 11.9. The van der Waals surface area contributed by atoms with Gasteiger partial charge >= 0.3 is 0 Å². The van der Waals surface area contributed by atoms with Crippen molar-refractivity contribution in [2.45, 2.75) is 26.3 Å². The van der Waals surface area contributed by atoms with Crippen LogP contribution in [0.4, 0.5) is 0 Å². The number of nitrogens with one attached hydrogen (secondary N) is 1. The molecule has 0 aliphatic carbocycles. The molecule has 1 atom stereocenters. The van der Waals surface area contributed by atoms with Crippen molar-refractivity contribution in [1.29, 1.82) is 0 Å². The van der Waals surface area contributed by atoms with Crippen molar-refractivity contribution in [3.8, 4) is 0 Å². The van der Waals surface area contributed by atoms with Gasteiger partial charge in [0.25, 0.3) is 0 Å². The Balaban J connectivity index is 2.71. The van der Waals surface area contributed by atoms with Gasteiger partial charge in [-0.05, 0) is 36.1 Å². The predicted octanol–water partition coefficient (Wildman–Crippen LogP) is 2.60. The Bertz CT molecular complexity index is 539. The minimum absolute atomic E-state index is 0.241. The Hall–Kier alpha value is -0.880. The molecule has 112 valence electrons. The summed E-state index contributed by atoms with van der Waals surface area (Å²) >= 11 is 5.77. The summed E-state index contributed by atoms with van der Waals surface area (Å²) in [4.78, 5) is 0. The van der Waals surface area contributed by atoms with Crippen LogP contribution in [-0.2, 0) is 10.0 Å². The van der Waals surface area contributed by atoms with Gasteiger partial charge in [-0.15, -0.1) is 0 Å². The maximum absolute atomic E-state index is 11.9. The zero-order valence-electron chi connectivity index (χ0n) is 11.7. The van der Waals surface area contributed by atoms with Crippen LogP contribution in [0.15, 0.2) is 29.7 Å². The van der Waals surface area contributed by atoms with Crippen LogP contribution in [0.25, 0.3) is 6.08 Å². The summed E-state index contributed by atoms with van der Waals surface area (Å²) in [6.07, 6.45) is 2.24. The summed E-state index contributed by atoms with van der Waals surface area (Å²) in [5.41, 5.74) is 6.36. The Morgan fingerprint density at radius 3 is 2.40 bits per heavy atom. The fourth-order valence-electron chi connectivity index (χ4n) is 1.78. The van der Waals surface area contributed by atoms with E-state index in [0.717, 1.165) is 11.0 Å². The molecule has 20 heavy (non-hydrogen) atoms. The minimum atomic E-state index is -3.49. The van der Waals surface area contributed by atoms with Gasteiger partial charge in [0.2, 0.25) is 10.0 Å². The highest BCUT2D eigenvalue weighted by molar-refractivity contribution is 7.92. The zero-order valence-corrected chi connectivity index (χ0v) is 13.3. The van der Waals surface area contributed by atoms with Gasteiger partial charge in [-0.3, -0.25) is 0 Å². The number of hydrogen-bond acceptors (Lipinski definition) is 3. The SMILES string of the molecule is CC(C)CC(CN)NS(=O)(=O)C=Cc1ccc(Cl)cc1. The van der Waals surface area contributed by atoms with E-state index in [1.807, 2.05) is 13.8 Å². The largest absolute Gasteiger partial charge is 0.329 e. The van der Waals surface area contributed by atoms with Gasteiger partial charge in [0.15, 0.2) is 0 Å². The fourth-order valence-corrected chi connectivity index (χ4v) is 2.97. The summed E-state index contributed by atoms with van der Waals surface area (Å²) in [6, 6.07) is 6.69. The van der Waals surface area contributed by atoms with Gasteiger partial charge in [-0.1, -0.05) is 37.6 Å². The smallest absolute Gasteiger partial charge is 0.234 e. The zero-order chi connectivity index (χ0) is 15.2. The van der Waals surface area contributed by atoms with Gasteiger partial charge < -0.3 is 5.73 Å². The average Bonchev–Trinajstić information content (AvgIpc) is 2.36. The average molecular weight is 317 g/mol.